The maximum atomic E-state index is 13.1. The Kier molecular flexibility index (Phi) is 2.91. The molecule has 12 heavy (non-hydrogen) atoms. The minimum Gasteiger partial charge on any atom is -0.494 e. The first-order valence-corrected chi connectivity index (χ1v) is 3.86. The van der Waals surface area contributed by atoms with Gasteiger partial charge in [0.05, 0.1) is 7.11 Å². The van der Waals surface area contributed by atoms with Crippen LogP contribution >= 0.6 is 0 Å². The number of hydrogen-bond acceptors (Lipinski definition) is 2. The van der Waals surface area contributed by atoms with Gasteiger partial charge in [-0.25, -0.2) is 4.39 Å². The van der Waals surface area contributed by atoms with E-state index in [9.17, 15) is 4.39 Å². The highest BCUT2D eigenvalue weighted by atomic mass is 19.1. The summed E-state index contributed by atoms with van der Waals surface area (Å²) in [5, 5.41) is 2.90. The molecule has 0 amide bonds. The summed E-state index contributed by atoms with van der Waals surface area (Å²) in [5.41, 5.74) is 0.433. The highest BCUT2D eigenvalue weighted by Gasteiger charge is 2.05. The van der Waals surface area contributed by atoms with E-state index >= 15 is 0 Å². The van der Waals surface area contributed by atoms with Crippen LogP contribution in [0.1, 0.15) is 6.92 Å². The van der Waals surface area contributed by atoms with E-state index in [1.165, 1.54) is 13.2 Å². The number of hydrogen-bond donors (Lipinski definition) is 1. The Balaban J connectivity index is 3.02. The molecule has 3 heteroatoms. The summed E-state index contributed by atoms with van der Waals surface area (Å²) in [6, 6.07) is 4.75. The Bertz CT molecular complexity index is 263. The van der Waals surface area contributed by atoms with Crippen LogP contribution in [0.5, 0.6) is 5.75 Å². The number of halogens is 1. The molecule has 0 atom stereocenters. The van der Waals surface area contributed by atoms with Gasteiger partial charge in [0.2, 0.25) is 0 Å². The van der Waals surface area contributed by atoms with Gasteiger partial charge in [0.15, 0.2) is 0 Å². The van der Waals surface area contributed by atoms with Crippen molar-refractivity contribution in [3.05, 3.63) is 24.0 Å². The zero-order valence-electron chi connectivity index (χ0n) is 7.23. The largest absolute Gasteiger partial charge is 0.494 e. The first-order chi connectivity index (χ1) is 5.79. The topological polar surface area (TPSA) is 21.3 Å². The smallest absolute Gasteiger partial charge is 0.150 e. The lowest BCUT2D eigenvalue weighted by Crippen LogP contribution is -2.01. The van der Waals surface area contributed by atoms with Crippen molar-refractivity contribution in [1.82, 2.24) is 0 Å². The average molecular weight is 169 g/mol. The second-order valence-corrected chi connectivity index (χ2v) is 2.35. The molecule has 0 bridgehead atoms. The van der Waals surface area contributed by atoms with Gasteiger partial charge in [-0.3, -0.25) is 0 Å². The molecular formula is C9H12FNO. The van der Waals surface area contributed by atoms with Crippen molar-refractivity contribution in [2.75, 3.05) is 19.0 Å². The van der Waals surface area contributed by atoms with Gasteiger partial charge in [0, 0.05) is 6.54 Å². The Hall–Kier alpha value is -1.25. The third-order valence-corrected chi connectivity index (χ3v) is 1.55. The molecule has 1 rings (SSSR count). The highest BCUT2D eigenvalue weighted by Crippen LogP contribution is 2.26. The number of para-hydroxylation sites is 1. The molecule has 0 aliphatic carbocycles. The van der Waals surface area contributed by atoms with Crippen molar-refractivity contribution in [2.45, 2.75) is 6.92 Å². The van der Waals surface area contributed by atoms with Gasteiger partial charge in [0.25, 0.3) is 0 Å². The standard InChI is InChI=1S/C9H12FNO/c1-3-11-9-7(10)5-4-6-8(9)12-2/h4-6,11H,3H2,1-2H3. The normalized spacial score (nSPS) is 9.58. The zero-order valence-corrected chi connectivity index (χ0v) is 7.23. The first-order valence-electron chi connectivity index (χ1n) is 3.86. The van der Waals surface area contributed by atoms with E-state index in [-0.39, 0.29) is 5.82 Å². The fraction of sp³-hybridized carbons (Fsp3) is 0.333. The summed E-state index contributed by atoms with van der Waals surface area (Å²) in [6.45, 7) is 2.59. The lowest BCUT2D eigenvalue weighted by Gasteiger charge is -2.09. The lowest BCUT2D eigenvalue weighted by atomic mass is 10.3. The Morgan fingerprint density at radius 1 is 1.50 bits per heavy atom. The van der Waals surface area contributed by atoms with Crippen LogP contribution in [0.2, 0.25) is 0 Å². The van der Waals surface area contributed by atoms with Crippen LogP contribution < -0.4 is 10.1 Å². The number of nitrogens with one attached hydrogen (secondary N) is 1. The molecule has 0 fully saturated rings. The van der Waals surface area contributed by atoms with Gasteiger partial charge in [-0.05, 0) is 19.1 Å². The molecule has 1 aromatic rings. The highest BCUT2D eigenvalue weighted by molar-refractivity contribution is 5.57. The maximum Gasteiger partial charge on any atom is 0.150 e. The van der Waals surface area contributed by atoms with Gasteiger partial charge in [-0.1, -0.05) is 6.07 Å². The van der Waals surface area contributed by atoms with Crippen molar-refractivity contribution in [3.63, 3.8) is 0 Å². The average Bonchev–Trinajstić information content (AvgIpc) is 2.09. The summed E-state index contributed by atoms with van der Waals surface area (Å²) >= 11 is 0. The van der Waals surface area contributed by atoms with E-state index in [4.69, 9.17) is 4.74 Å². The van der Waals surface area contributed by atoms with Crippen LogP contribution in [0.3, 0.4) is 0 Å². The Morgan fingerprint density at radius 2 is 2.25 bits per heavy atom. The summed E-state index contributed by atoms with van der Waals surface area (Å²) in [5.74, 6) is 0.257. The number of ether oxygens (including phenoxy) is 1. The van der Waals surface area contributed by atoms with Gasteiger partial charge < -0.3 is 10.1 Å². The molecule has 0 unspecified atom stereocenters. The molecule has 0 spiro atoms. The fourth-order valence-electron chi connectivity index (χ4n) is 1.02. The number of rotatable bonds is 3. The van der Waals surface area contributed by atoms with Crippen molar-refractivity contribution in [3.8, 4) is 5.75 Å². The zero-order chi connectivity index (χ0) is 8.97. The third-order valence-electron chi connectivity index (χ3n) is 1.55. The summed E-state index contributed by atoms with van der Waals surface area (Å²) in [4.78, 5) is 0. The van der Waals surface area contributed by atoms with Crippen LogP contribution in [0.4, 0.5) is 10.1 Å². The number of methoxy groups -OCH3 is 1. The SMILES string of the molecule is CCNc1c(F)cccc1OC. The third kappa shape index (κ3) is 1.67. The molecule has 0 heterocycles. The molecule has 1 aromatic carbocycles. The molecule has 0 saturated heterocycles. The van der Waals surface area contributed by atoms with Crippen molar-refractivity contribution in [1.29, 1.82) is 0 Å². The van der Waals surface area contributed by atoms with E-state index in [2.05, 4.69) is 5.32 Å². The van der Waals surface area contributed by atoms with Crippen LogP contribution in [0.25, 0.3) is 0 Å². The molecule has 0 saturated carbocycles. The van der Waals surface area contributed by atoms with Gasteiger partial charge in [-0.2, -0.15) is 0 Å². The summed E-state index contributed by atoms with van der Waals surface area (Å²) < 4.78 is 18.1. The van der Waals surface area contributed by atoms with E-state index < -0.39 is 0 Å². The van der Waals surface area contributed by atoms with E-state index in [1.54, 1.807) is 12.1 Å². The van der Waals surface area contributed by atoms with Gasteiger partial charge in [-0.15, -0.1) is 0 Å². The second-order valence-electron chi connectivity index (χ2n) is 2.35. The van der Waals surface area contributed by atoms with Crippen LogP contribution in [0, 0.1) is 5.82 Å². The van der Waals surface area contributed by atoms with Gasteiger partial charge >= 0.3 is 0 Å². The van der Waals surface area contributed by atoms with Crippen molar-refractivity contribution >= 4 is 5.69 Å². The monoisotopic (exact) mass is 169 g/mol. The van der Waals surface area contributed by atoms with Crippen LogP contribution in [-0.4, -0.2) is 13.7 Å². The Labute approximate surface area is 71.4 Å². The predicted molar refractivity (Wildman–Crippen MR) is 47.1 cm³/mol. The lowest BCUT2D eigenvalue weighted by molar-refractivity contribution is 0.413. The fourth-order valence-corrected chi connectivity index (χ4v) is 1.02. The maximum absolute atomic E-state index is 13.1. The molecule has 0 radical (unpaired) electrons. The molecule has 1 N–H and O–H groups in total. The first kappa shape index (κ1) is 8.84. The van der Waals surface area contributed by atoms with E-state index in [0.29, 0.717) is 18.0 Å². The predicted octanol–water partition coefficient (Wildman–Crippen LogP) is 2.27. The minimum absolute atomic E-state index is 0.281. The number of benzene rings is 1. The van der Waals surface area contributed by atoms with E-state index in [1.807, 2.05) is 6.92 Å². The molecule has 0 aliphatic heterocycles. The molecule has 2 nitrogen and oxygen atoms in total. The molecule has 66 valence electrons. The van der Waals surface area contributed by atoms with Gasteiger partial charge in [0.1, 0.15) is 17.3 Å². The number of anilines is 1. The quantitative estimate of drug-likeness (QED) is 0.749. The molecule has 0 aliphatic rings. The minimum atomic E-state index is -0.281. The van der Waals surface area contributed by atoms with E-state index in [0.717, 1.165) is 0 Å². The van der Waals surface area contributed by atoms with Crippen LogP contribution in [-0.2, 0) is 0 Å². The summed E-state index contributed by atoms with van der Waals surface area (Å²) in [6.07, 6.45) is 0. The van der Waals surface area contributed by atoms with Crippen molar-refractivity contribution < 1.29 is 9.13 Å². The molecular weight excluding hydrogens is 157 g/mol. The molecule has 0 aromatic heterocycles. The van der Waals surface area contributed by atoms with Crippen molar-refractivity contribution in [2.24, 2.45) is 0 Å². The second kappa shape index (κ2) is 3.95. The van der Waals surface area contributed by atoms with Crippen LogP contribution in [0.15, 0.2) is 18.2 Å². The Morgan fingerprint density at radius 3 is 2.83 bits per heavy atom. The summed E-state index contributed by atoms with van der Waals surface area (Å²) in [7, 11) is 1.52.